The molecule has 1 N–H and O–H groups in total. The minimum absolute atomic E-state index is 0.629. The van der Waals surface area contributed by atoms with Crippen molar-refractivity contribution in [1.29, 1.82) is 0 Å². The zero-order valence-electron chi connectivity index (χ0n) is 16.5. The second-order valence-corrected chi connectivity index (χ2v) is 8.81. The molecule has 0 spiro atoms. The number of nitrogens with one attached hydrogen (secondary N) is 1. The first kappa shape index (κ1) is 18.3. The average molecular weight is 397 g/mol. The Balaban J connectivity index is 1.43. The summed E-state index contributed by atoms with van der Waals surface area (Å²) in [6, 6.07) is 9.69. The summed E-state index contributed by atoms with van der Waals surface area (Å²) >= 11 is 6.59. The number of piperidine rings is 1. The summed E-state index contributed by atoms with van der Waals surface area (Å²) in [4.78, 5) is 9.57. The van der Waals surface area contributed by atoms with Crippen molar-refractivity contribution < 1.29 is 0 Å². The molecule has 4 heterocycles. The lowest BCUT2D eigenvalue weighted by atomic mass is 10.0. The third-order valence-corrected chi connectivity index (χ3v) is 6.81. The first-order chi connectivity index (χ1) is 13.8. The predicted octanol–water partition coefficient (Wildman–Crippen LogP) is 4.51. The molecule has 0 aliphatic carbocycles. The van der Waals surface area contributed by atoms with Gasteiger partial charge in [-0.1, -0.05) is 23.7 Å². The molecule has 5 rings (SSSR count). The van der Waals surface area contributed by atoms with Crippen molar-refractivity contribution in [2.75, 3.05) is 42.5 Å². The van der Waals surface area contributed by atoms with Gasteiger partial charge in [0.25, 0.3) is 0 Å². The normalized spacial score (nSPS) is 22.0. The zero-order valence-corrected chi connectivity index (χ0v) is 17.2. The van der Waals surface area contributed by atoms with E-state index in [0.29, 0.717) is 6.04 Å². The SMILES string of the molecule is Clc1cnc(N2CCCCC2)cc1-c1ccc2c(c1)N(CC1CCCN1)CC2. The van der Waals surface area contributed by atoms with Crippen molar-refractivity contribution >= 4 is 23.1 Å². The molecule has 148 valence electrons. The Labute approximate surface area is 172 Å². The van der Waals surface area contributed by atoms with Crippen molar-refractivity contribution in [2.24, 2.45) is 0 Å². The lowest BCUT2D eigenvalue weighted by Crippen LogP contribution is -2.36. The van der Waals surface area contributed by atoms with Gasteiger partial charge in [0, 0.05) is 49.7 Å². The van der Waals surface area contributed by atoms with Gasteiger partial charge in [0.2, 0.25) is 0 Å². The van der Waals surface area contributed by atoms with Crippen molar-refractivity contribution in [2.45, 2.75) is 44.6 Å². The lowest BCUT2D eigenvalue weighted by Gasteiger charge is -2.28. The lowest BCUT2D eigenvalue weighted by molar-refractivity contribution is 0.573. The van der Waals surface area contributed by atoms with E-state index in [0.717, 1.165) is 55.5 Å². The molecule has 0 bridgehead atoms. The van der Waals surface area contributed by atoms with Gasteiger partial charge in [-0.25, -0.2) is 4.98 Å². The monoisotopic (exact) mass is 396 g/mol. The smallest absolute Gasteiger partial charge is 0.129 e. The molecule has 2 aromatic rings. The zero-order chi connectivity index (χ0) is 18.9. The summed E-state index contributed by atoms with van der Waals surface area (Å²) < 4.78 is 0. The van der Waals surface area contributed by atoms with Crippen LogP contribution >= 0.6 is 11.6 Å². The molecule has 0 amide bonds. The van der Waals surface area contributed by atoms with Gasteiger partial charge in [-0.2, -0.15) is 0 Å². The highest BCUT2D eigenvalue weighted by molar-refractivity contribution is 6.33. The highest BCUT2D eigenvalue weighted by atomic mass is 35.5. The molecule has 2 fully saturated rings. The summed E-state index contributed by atoms with van der Waals surface area (Å²) in [5, 5.41) is 4.38. The average Bonchev–Trinajstić information content (AvgIpc) is 3.39. The Morgan fingerprint density at radius 2 is 1.96 bits per heavy atom. The van der Waals surface area contributed by atoms with E-state index in [1.165, 1.54) is 48.9 Å². The van der Waals surface area contributed by atoms with Crippen LogP contribution in [0.2, 0.25) is 5.02 Å². The van der Waals surface area contributed by atoms with Crippen LogP contribution in [0, 0.1) is 0 Å². The van der Waals surface area contributed by atoms with E-state index >= 15 is 0 Å². The summed E-state index contributed by atoms with van der Waals surface area (Å²) in [6.07, 6.45) is 9.40. The molecule has 28 heavy (non-hydrogen) atoms. The van der Waals surface area contributed by atoms with Crippen LogP contribution in [-0.4, -0.2) is 43.7 Å². The van der Waals surface area contributed by atoms with E-state index < -0.39 is 0 Å². The molecular weight excluding hydrogens is 368 g/mol. The maximum atomic E-state index is 6.59. The van der Waals surface area contributed by atoms with E-state index in [1.807, 2.05) is 6.20 Å². The Hall–Kier alpha value is -1.78. The predicted molar refractivity (Wildman–Crippen MR) is 118 cm³/mol. The Kier molecular flexibility index (Phi) is 5.17. The summed E-state index contributed by atoms with van der Waals surface area (Å²) in [5.74, 6) is 1.06. The number of halogens is 1. The first-order valence-electron chi connectivity index (χ1n) is 10.8. The molecule has 1 aromatic heterocycles. The van der Waals surface area contributed by atoms with Crippen LogP contribution in [0.4, 0.5) is 11.5 Å². The Morgan fingerprint density at radius 3 is 2.79 bits per heavy atom. The van der Waals surface area contributed by atoms with Gasteiger partial charge in [0.15, 0.2) is 0 Å². The van der Waals surface area contributed by atoms with Crippen LogP contribution < -0.4 is 15.1 Å². The molecule has 0 radical (unpaired) electrons. The van der Waals surface area contributed by atoms with Crippen LogP contribution in [0.3, 0.4) is 0 Å². The quantitative estimate of drug-likeness (QED) is 0.824. The number of anilines is 2. The number of benzene rings is 1. The maximum Gasteiger partial charge on any atom is 0.129 e. The highest BCUT2D eigenvalue weighted by Crippen LogP contribution is 2.37. The van der Waals surface area contributed by atoms with Crippen molar-refractivity contribution in [3.8, 4) is 11.1 Å². The van der Waals surface area contributed by atoms with Gasteiger partial charge < -0.3 is 15.1 Å². The summed E-state index contributed by atoms with van der Waals surface area (Å²) in [5.41, 5.74) is 5.16. The minimum atomic E-state index is 0.629. The standard InChI is InChI=1S/C23H29ClN4/c24-21-15-26-23(27-10-2-1-3-11-27)14-20(21)18-7-6-17-8-12-28(22(17)13-18)16-19-5-4-9-25-19/h6-7,13-15,19,25H,1-5,8-12,16H2. The van der Waals surface area contributed by atoms with E-state index in [-0.39, 0.29) is 0 Å². The molecule has 0 saturated carbocycles. The van der Waals surface area contributed by atoms with Crippen LogP contribution in [0.1, 0.15) is 37.7 Å². The molecule has 1 unspecified atom stereocenters. The molecule has 3 aliphatic rings. The van der Waals surface area contributed by atoms with Gasteiger partial charge >= 0.3 is 0 Å². The summed E-state index contributed by atoms with van der Waals surface area (Å²) in [7, 11) is 0. The third kappa shape index (κ3) is 3.60. The fourth-order valence-electron chi connectivity index (χ4n) is 4.93. The van der Waals surface area contributed by atoms with E-state index in [2.05, 4.69) is 44.4 Å². The van der Waals surface area contributed by atoms with Gasteiger partial charge in [0.05, 0.1) is 5.02 Å². The second-order valence-electron chi connectivity index (χ2n) is 8.40. The van der Waals surface area contributed by atoms with Gasteiger partial charge in [0.1, 0.15) is 5.82 Å². The van der Waals surface area contributed by atoms with Crippen molar-refractivity contribution in [1.82, 2.24) is 10.3 Å². The first-order valence-corrected chi connectivity index (χ1v) is 11.2. The summed E-state index contributed by atoms with van der Waals surface area (Å²) in [6.45, 7) is 5.60. The number of rotatable bonds is 4. The highest BCUT2D eigenvalue weighted by Gasteiger charge is 2.24. The van der Waals surface area contributed by atoms with Crippen LogP contribution in [0.5, 0.6) is 0 Å². The van der Waals surface area contributed by atoms with E-state index in [1.54, 1.807) is 0 Å². The Bertz CT molecular complexity index is 840. The number of pyridine rings is 1. The third-order valence-electron chi connectivity index (χ3n) is 6.51. The minimum Gasteiger partial charge on any atom is -0.369 e. The van der Waals surface area contributed by atoms with Crippen molar-refractivity contribution in [3.63, 3.8) is 0 Å². The van der Waals surface area contributed by atoms with Gasteiger partial charge in [-0.15, -0.1) is 0 Å². The second kappa shape index (κ2) is 7.92. The van der Waals surface area contributed by atoms with E-state index in [4.69, 9.17) is 11.6 Å². The Morgan fingerprint density at radius 1 is 1.07 bits per heavy atom. The number of aromatic nitrogens is 1. The maximum absolute atomic E-state index is 6.59. The van der Waals surface area contributed by atoms with Crippen LogP contribution in [-0.2, 0) is 6.42 Å². The molecule has 1 atom stereocenters. The number of hydrogen-bond donors (Lipinski definition) is 1. The number of nitrogens with zero attached hydrogens (tertiary/aromatic N) is 3. The number of fused-ring (bicyclic) bond motifs is 1. The molecule has 2 saturated heterocycles. The largest absolute Gasteiger partial charge is 0.369 e. The fourth-order valence-corrected chi connectivity index (χ4v) is 5.14. The van der Waals surface area contributed by atoms with Crippen LogP contribution in [0.15, 0.2) is 30.5 Å². The molecule has 5 heteroatoms. The van der Waals surface area contributed by atoms with Gasteiger partial charge in [-0.3, -0.25) is 0 Å². The van der Waals surface area contributed by atoms with Gasteiger partial charge in [-0.05, 0) is 68.3 Å². The fraction of sp³-hybridized carbons (Fsp3) is 0.522. The molecular formula is C23H29ClN4. The molecule has 1 aromatic carbocycles. The van der Waals surface area contributed by atoms with Crippen LogP contribution in [0.25, 0.3) is 11.1 Å². The topological polar surface area (TPSA) is 31.4 Å². The van der Waals surface area contributed by atoms with Crippen molar-refractivity contribution in [3.05, 3.63) is 41.0 Å². The molecule has 4 nitrogen and oxygen atoms in total. The van der Waals surface area contributed by atoms with E-state index in [9.17, 15) is 0 Å². The number of hydrogen-bond acceptors (Lipinski definition) is 4. The molecule has 3 aliphatic heterocycles.